The molecular formula is C14H15BrN2O2. The van der Waals surface area contributed by atoms with E-state index in [-0.39, 0.29) is 10.6 Å². The minimum Gasteiger partial charge on any atom is -0.264 e. The van der Waals surface area contributed by atoms with Crippen molar-refractivity contribution in [2.75, 3.05) is 0 Å². The van der Waals surface area contributed by atoms with Gasteiger partial charge in [0, 0.05) is 23.3 Å². The Morgan fingerprint density at radius 1 is 1.37 bits per heavy atom. The van der Waals surface area contributed by atoms with Crippen LogP contribution in [0.3, 0.4) is 0 Å². The average molecular weight is 323 g/mol. The first kappa shape index (κ1) is 13.9. The second kappa shape index (κ2) is 5.65. The topological polar surface area (TPSA) is 56.0 Å². The Kier molecular flexibility index (Phi) is 4.14. The second-order valence-electron chi connectivity index (χ2n) is 4.54. The minimum atomic E-state index is -0.355. The van der Waals surface area contributed by atoms with E-state index in [1.807, 2.05) is 12.1 Å². The number of rotatable bonds is 4. The van der Waals surface area contributed by atoms with Gasteiger partial charge in [-0.15, -0.1) is 0 Å². The summed E-state index contributed by atoms with van der Waals surface area (Å²) in [7, 11) is 0. The summed E-state index contributed by atoms with van der Waals surface area (Å²) in [6, 6.07) is 5.31. The zero-order valence-electron chi connectivity index (χ0n) is 10.8. The van der Waals surface area contributed by atoms with Crippen LogP contribution in [0.4, 0.5) is 5.69 Å². The zero-order chi connectivity index (χ0) is 14.0. The molecule has 0 fully saturated rings. The zero-order valence-corrected chi connectivity index (χ0v) is 12.4. The molecule has 0 aliphatic heterocycles. The van der Waals surface area contributed by atoms with Crippen LogP contribution in [0.25, 0.3) is 10.8 Å². The summed E-state index contributed by atoms with van der Waals surface area (Å²) in [5.74, 6) is 0.325. The van der Waals surface area contributed by atoms with Gasteiger partial charge < -0.3 is 0 Å². The van der Waals surface area contributed by atoms with Crippen molar-refractivity contribution in [1.29, 1.82) is 0 Å². The number of pyridine rings is 1. The van der Waals surface area contributed by atoms with Crippen LogP contribution < -0.4 is 0 Å². The maximum atomic E-state index is 11.1. The number of aromatic nitrogens is 1. The molecule has 0 aliphatic carbocycles. The maximum Gasteiger partial charge on any atom is 0.278 e. The molecular weight excluding hydrogens is 308 g/mol. The van der Waals surface area contributed by atoms with E-state index < -0.39 is 0 Å². The Morgan fingerprint density at radius 2 is 2.11 bits per heavy atom. The van der Waals surface area contributed by atoms with E-state index in [2.05, 4.69) is 34.8 Å². The predicted molar refractivity (Wildman–Crippen MR) is 79.8 cm³/mol. The predicted octanol–water partition coefficient (Wildman–Crippen LogP) is 4.42. The molecule has 0 saturated carbocycles. The lowest BCUT2D eigenvalue weighted by molar-refractivity contribution is -0.383. The smallest absolute Gasteiger partial charge is 0.264 e. The number of hydrogen-bond donors (Lipinski definition) is 0. The lowest BCUT2D eigenvalue weighted by Gasteiger charge is -2.20. The summed E-state index contributed by atoms with van der Waals surface area (Å²) < 4.78 is 0. The molecule has 5 heteroatoms. The Bertz CT molecular complexity index is 613. The SMILES string of the molecule is CCC(c1ccc([N+](=O)[O-])c2cnccc12)C(C)Br. The molecule has 2 atom stereocenters. The standard InChI is InChI=1S/C14H15BrN2O2/c1-3-10(9(2)15)11-4-5-14(17(18)19)13-8-16-7-6-12(11)13/h4-10H,3H2,1-2H3. The van der Waals surface area contributed by atoms with Crippen molar-refractivity contribution in [1.82, 2.24) is 4.98 Å². The Labute approximate surface area is 120 Å². The highest BCUT2D eigenvalue weighted by molar-refractivity contribution is 9.09. The normalized spacial score (nSPS) is 14.3. The molecule has 2 unspecified atom stereocenters. The van der Waals surface area contributed by atoms with Crippen LogP contribution in [-0.2, 0) is 0 Å². The molecule has 0 radical (unpaired) electrons. The van der Waals surface area contributed by atoms with Gasteiger partial charge in [-0.3, -0.25) is 15.1 Å². The van der Waals surface area contributed by atoms with Crippen molar-refractivity contribution >= 4 is 32.4 Å². The first-order chi connectivity index (χ1) is 9.06. The number of benzene rings is 1. The molecule has 0 N–H and O–H groups in total. The Hall–Kier alpha value is -1.49. The highest BCUT2D eigenvalue weighted by atomic mass is 79.9. The Morgan fingerprint density at radius 3 is 2.68 bits per heavy atom. The van der Waals surface area contributed by atoms with E-state index in [1.54, 1.807) is 18.5 Å². The van der Waals surface area contributed by atoms with Gasteiger partial charge in [0.2, 0.25) is 0 Å². The molecule has 2 aromatic rings. The molecule has 4 nitrogen and oxygen atoms in total. The summed E-state index contributed by atoms with van der Waals surface area (Å²) in [4.78, 5) is 15.0. The molecule has 100 valence electrons. The first-order valence-corrected chi connectivity index (χ1v) is 7.13. The van der Waals surface area contributed by atoms with E-state index in [4.69, 9.17) is 0 Å². The van der Waals surface area contributed by atoms with Gasteiger partial charge in [0.15, 0.2) is 0 Å². The minimum absolute atomic E-state index is 0.115. The summed E-state index contributed by atoms with van der Waals surface area (Å²) in [5.41, 5.74) is 1.25. The fourth-order valence-electron chi connectivity index (χ4n) is 2.47. The highest BCUT2D eigenvalue weighted by Crippen LogP contribution is 2.36. The van der Waals surface area contributed by atoms with Crippen LogP contribution in [0.15, 0.2) is 30.6 Å². The van der Waals surface area contributed by atoms with E-state index in [0.29, 0.717) is 16.1 Å². The lowest BCUT2D eigenvalue weighted by atomic mass is 9.90. The number of non-ortho nitro benzene ring substituents is 1. The molecule has 0 bridgehead atoms. The van der Waals surface area contributed by atoms with Gasteiger partial charge in [0.25, 0.3) is 5.69 Å². The Balaban J connectivity index is 2.71. The third-order valence-corrected chi connectivity index (χ3v) is 4.06. The number of alkyl halides is 1. The van der Waals surface area contributed by atoms with Crippen LogP contribution in [0.1, 0.15) is 31.7 Å². The quantitative estimate of drug-likeness (QED) is 0.475. The van der Waals surface area contributed by atoms with Crippen LogP contribution >= 0.6 is 15.9 Å². The van der Waals surface area contributed by atoms with Crippen LogP contribution in [0.2, 0.25) is 0 Å². The number of nitrogens with zero attached hydrogens (tertiary/aromatic N) is 2. The molecule has 1 aromatic heterocycles. The third-order valence-electron chi connectivity index (χ3n) is 3.42. The molecule has 2 rings (SSSR count). The number of halogens is 1. The van der Waals surface area contributed by atoms with Gasteiger partial charge in [-0.25, -0.2) is 0 Å². The molecule has 1 aromatic carbocycles. The molecule has 0 aliphatic rings. The molecule has 19 heavy (non-hydrogen) atoms. The number of nitro benzene ring substituents is 1. The third kappa shape index (κ3) is 2.61. The van der Waals surface area contributed by atoms with Crippen LogP contribution in [-0.4, -0.2) is 14.7 Å². The number of hydrogen-bond acceptors (Lipinski definition) is 3. The van der Waals surface area contributed by atoms with Crippen LogP contribution in [0, 0.1) is 10.1 Å². The monoisotopic (exact) mass is 322 g/mol. The highest BCUT2D eigenvalue weighted by Gasteiger charge is 2.21. The van der Waals surface area contributed by atoms with Gasteiger partial charge >= 0.3 is 0 Å². The van der Waals surface area contributed by atoms with Crippen molar-refractivity contribution < 1.29 is 4.92 Å². The molecule has 0 amide bonds. The average Bonchev–Trinajstić information content (AvgIpc) is 2.39. The van der Waals surface area contributed by atoms with E-state index in [1.165, 1.54) is 0 Å². The van der Waals surface area contributed by atoms with Crippen molar-refractivity contribution in [2.45, 2.75) is 31.0 Å². The van der Waals surface area contributed by atoms with Gasteiger partial charge in [-0.05, 0) is 29.4 Å². The van der Waals surface area contributed by atoms with Gasteiger partial charge in [0.1, 0.15) is 0 Å². The largest absolute Gasteiger partial charge is 0.278 e. The summed E-state index contributed by atoms with van der Waals surface area (Å²) in [5, 5.41) is 12.6. The van der Waals surface area contributed by atoms with E-state index in [0.717, 1.165) is 17.4 Å². The van der Waals surface area contributed by atoms with E-state index in [9.17, 15) is 10.1 Å². The summed E-state index contributed by atoms with van der Waals surface area (Å²) in [6.45, 7) is 4.22. The van der Waals surface area contributed by atoms with Crippen molar-refractivity contribution in [3.63, 3.8) is 0 Å². The van der Waals surface area contributed by atoms with Crippen molar-refractivity contribution in [3.8, 4) is 0 Å². The second-order valence-corrected chi connectivity index (χ2v) is 5.99. The van der Waals surface area contributed by atoms with E-state index >= 15 is 0 Å². The number of fused-ring (bicyclic) bond motifs is 1. The van der Waals surface area contributed by atoms with Crippen molar-refractivity contribution in [3.05, 3.63) is 46.3 Å². The maximum absolute atomic E-state index is 11.1. The first-order valence-electron chi connectivity index (χ1n) is 6.21. The fourth-order valence-corrected chi connectivity index (χ4v) is 3.13. The lowest BCUT2D eigenvalue weighted by Crippen LogP contribution is -2.08. The van der Waals surface area contributed by atoms with Gasteiger partial charge in [0.05, 0.1) is 10.3 Å². The molecule has 1 heterocycles. The van der Waals surface area contributed by atoms with Crippen LogP contribution in [0.5, 0.6) is 0 Å². The summed E-state index contributed by atoms with van der Waals surface area (Å²) >= 11 is 3.62. The molecule has 0 spiro atoms. The van der Waals surface area contributed by atoms with Gasteiger partial charge in [-0.2, -0.15) is 0 Å². The van der Waals surface area contributed by atoms with Gasteiger partial charge in [-0.1, -0.05) is 35.8 Å². The molecule has 0 saturated heterocycles. The van der Waals surface area contributed by atoms with Crippen molar-refractivity contribution in [2.24, 2.45) is 0 Å². The number of nitro groups is 1. The summed E-state index contributed by atoms with van der Waals surface area (Å²) in [6.07, 6.45) is 4.23. The fraction of sp³-hybridized carbons (Fsp3) is 0.357.